The lowest BCUT2D eigenvalue weighted by atomic mass is 10.1. The lowest BCUT2D eigenvalue weighted by Gasteiger charge is -2.07. The average Bonchev–Trinajstić information content (AvgIpc) is 3.23. The van der Waals surface area contributed by atoms with Crippen molar-refractivity contribution >= 4 is 23.0 Å². The molecule has 1 saturated heterocycles. The van der Waals surface area contributed by atoms with Crippen molar-refractivity contribution in [3.8, 4) is 0 Å². The maximum absolute atomic E-state index is 5.98. The molecule has 2 aromatic rings. The minimum atomic E-state index is 0.373. The van der Waals surface area contributed by atoms with Crippen LogP contribution in [0, 0.1) is 6.92 Å². The summed E-state index contributed by atoms with van der Waals surface area (Å²) in [7, 11) is 0. The number of hydrogen-bond acceptors (Lipinski definition) is 2. The van der Waals surface area contributed by atoms with E-state index in [9.17, 15) is 0 Å². The number of aryl methyl sites for hydroxylation is 1. The van der Waals surface area contributed by atoms with E-state index < -0.39 is 0 Å². The highest BCUT2D eigenvalue weighted by Crippen LogP contribution is 2.24. The largest absolute Gasteiger partial charge is 0.306 e. The zero-order chi connectivity index (χ0) is 13.2. The number of aliphatic imine (C=N–C) groups is 1. The van der Waals surface area contributed by atoms with Crippen molar-refractivity contribution in [3.05, 3.63) is 64.7 Å². The molecule has 0 aromatic heterocycles. The van der Waals surface area contributed by atoms with E-state index >= 15 is 0 Å². The number of rotatable bonds is 3. The Bertz CT molecular complexity index is 616. The van der Waals surface area contributed by atoms with Crippen molar-refractivity contribution in [2.24, 2.45) is 4.99 Å². The van der Waals surface area contributed by atoms with Gasteiger partial charge in [-0.25, -0.2) is 0 Å². The van der Waals surface area contributed by atoms with Crippen LogP contribution < -0.4 is 5.32 Å². The lowest BCUT2D eigenvalue weighted by molar-refractivity contribution is 1.23. The number of nitrogens with zero attached hydrogens (tertiary/aromatic N) is 1. The summed E-state index contributed by atoms with van der Waals surface area (Å²) in [6.07, 6.45) is 0. The van der Waals surface area contributed by atoms with Gasteiger partial charge in [-0.15, -0.1) is 0 Å². The molecule has 1 unspecified atom stereocenters. The van der Waals surface area contributed by atoms with E-state index in [0.29, 0.717) is 6.04 Å². The van der Waals surface area contributed by atoms with E-state index in [0.717, 1.165) is 28.5 Å². The first-order chi connectivity index (χ1) is 9.24. The maximum atomic E-state index is 5.98. The zero-order valence-electron chi connectivity index (χ0n) is 10.7. The molecule has 2 nitrogen and oxygen atoms in total. The third kappa shape index (κ3) is 2.86. The molecule has 1 aliphatic rings. The first kappa shape index (κ1) is 12.4. The van der Waals surface area contributed by atoms with Crippen LogP contribution in [0.3, 0.4) is 0 Å². The fraction of sp³-hybridized carbons (Fsp3) is 0.188. The summed E-state index contributed by atoms with van der Waals surface area (Å²) in [5, 5.41) is 4.08. The number of halogens is 1. The third-order valence-corrected chi connectivity index (χ3v) is 3.44. The minimum absolute atomic E-state index is 0.373. The van der Waals surface area contributed by atoms with Crippen LogP contribution in [-0.4, -0.2) is 18.3 Å². The molecular weight excluding hydrogens is 256 g/mol. The molecule has 0 spiro atoms. The highest BCUT2D eigenvalue weighted by molar-refractivity contribution is 6.30. The van der Waals surface area contributed by atoms with Gasteiger partial charge >= 0.3 is 0 Å². The summed E-state index contributed by atoms with van der Waals surface area (Å²) < 4.78 is 0. The van der Waals surface area contributed by atoms with Gasteiger partial charge in [-0.05, 0) is 36.2 Å². The SMILES string of the molecule is Cc1cc(Cl)ccc1N=C(c1ccccc1)C1CN1. The van der Waals surface area contributed by atoms with Crippen molar-refractivity contribution < 1.29 is 0 Å². The molecule has 0 saturated carbocycles. The van der Waals surface area contributed by atoms with E-state index in [1.807, 2.05) is 43.3 Å². The minimum Gasteiger partial charge on any atom is -0.306 e. The second-order valence-electron chi connectivity index (χ2n) is 4.75. The van der Waals surface area contributed by atoms with Crippen molar-refractivity contribution in [1.82, 2.24) is 5.32 Å². The topological polar surface area (TPSA) is 34.3 Å². The smallest absolute Gasteiger partial charge is 0.0665 e. The van der Waals surface area contributed by atoms with Gasteiger partial charge in [-0.2, -0.15) is 0 Å². The summed E-state index contributed by atoms with van der Waals surface area (Å²) in [5.41, 5.74) is 4.36. The Kier molecular flexibility index (Phi) is 3.36. The fourth-order valence-corrected chi connectivity index (χ4v) is 2.31. The molecule has 0 radical (unpaired) electrons. The Labute approximate surface area is 118 Å². The van der Waals surface area contributed by atoms with E-state index in [1.165, 1.54) is 5.56 Å². The Morgan fingerprint density at radius 3 is 2.58 bits per heavy atom. The second kappa shape index (κ2) is 5.16. The molecule has 1 N–H and O–H groups in total. The van der Waals surface area contributed by atoms with Crippen LogP contribution in [0.5, 0.6) is 0 Å². The van der Waals surface area contributed by atoms with Crippen LogP contribution in [0.2, 0.25) is 5.02 Å². The molecule has 0 aliphatic carbocycles. The van der Waals surface area contributed by atoms with Gasteiger partial charge in [0.25, 0.3) is 0 Å². The summed E-state index contributed by atoms with van der Waals surface area (Å²) >= 11 is 5.98. The van der Waals surface area contributed by atoms with Crippen molar-refractivity contribution in [2.45, 2.75) is 13.0 Å². The Morgan fingerprint density at radius 2 is 1.95 bits per heavy atom. The van der Waals surface area contributed by atoms with Crippen LogP contribution in [0.25, 0.3) is 0 Å². The third-order valence-electron chi connectivity index (χ3n) is 3.21. The Hall–Kier alpha value is -1.64. The molecule has 3 rings (SSSR count). The van der Waals surface area contributed by atoms with Gasteiger partial charge in [-0.1, -0.05) is 41.9 Å². The molecule has 96 valence electrons. The quantitative estimate of drug-likeness (QED) is 0.669. The van der Waals surface area contributed by atoms with Crippen molar-refractivity contribution in [3.63, 3.8) is 0 Å². The predicted octanol–water partition coefficient (Wildman–Crippen LogP) is 3.74. The molecule has 0 amide bonds. The van der Waals surface area contributed by atoms with Crippen LogP contribution in [0.1, 0.15) is 11.1 Å². The maximum Gasteiger partial charge on any atom is 0.0665 e. The van der Waals surface area contributed by atoms with Gasteiger partial charge in [0.1, 0.15) is 0 Å². The zero-order valence-corrected chi connectivity index (χ0v) is 11.5. The first-order valence-electron chi connectivity index (χ1n) is 6.37. The fourth-order valence-electron chi connectivity index (χ4n) is 2.08. The molecule has 1 fully saturated rings. The van der Waals surface area contributed by atoms with E-state index in [-0.39, 0.29) is 0 Å². The molecule has 19 heavy (non-hydrogen) atoms. The standard InChI is InChI=1S/C16H15ClN2/c1-11-9-13(17)7-8-14(11)19-16(15-10-18-15)12-5-3-2-4-6-12/h2-9,15,18H,10H2,1H3. The van der Waals surface area contributed by atoms with Gasteiger partial charge in [-0.3, -0.25) is 4.99 Å². The molecule has 1 atom stereocenters. The van der Waals surface area contributed by atoms with Crippen LogP contribution in [-0.2, 0) is 0 Å². The summed E-state index contributed by atoms with van der Waals surface area (Å²) in [5.74, 6) is 0. The Morgan fingerprint density at radius 1 is 1.21 bits per heavy atom. The monoisotopic (exact) mass is 270 g/mol. The van der Waals surface area contributed by atoms with Crippen LogP contribution in [0.15, 0.2) is 53.5 Å². The molecular formula is C16H15ClN2. The normalized spacial score (nSPS) is 18.4. The molecule has 1 heterocycles. The molecule has 0 bridgehead atoms. The molecule has 1 aliphatic heterocycles. The van der Waals surface area contributed by atoms with Gasteiger partial charge in [0, 0.05) is 11.6 Å². The summed E-state index contributed by atoms with van der Waals surface area (Å²) in [6, 6.07) is 16.5. The van der Waals surface area contributed by atoms with Gasteiger partial charge in [0.15, 0.2) is 0 Å². The lowest BCUT2D eigenvalue weighted by Crippen LogP contribution is -2.11. The second-order valence-corrected chi connectivity index (χ2v) is 5.19. The molecule has 3 heteroatoms. The average molecular weight is 271 g/mol. The van der Waals surface area contributed by atoms with Gasteiger partial charge in [0.05, 0.1) is 17.4 Å². The summed E-state index contributed by atoms with van der Waals surface area (Å²) in [4.78, 5) is 4.83. The number of nitrogens with one attached hydrogen (secondary N) is 1. The van der Waals surface area contributed by atoms with E-state index in [1.54, 1.807) is 0 Å². The summed E-state index contributed by atoms with van der Waals surface area (Å²) in [6.45, 7) is 3.04. The van der Waals surface area contributed by atoms with Crippen molar-refractivity contribution in [2.75, 3.05) is 6.54 Å². The van der Waals surface area contributed by atoms with E-state index in [2.05, 4.69) is 17.4 Å². The molecule has 2 aromatic carbocycles. The Balaban J connectivity index is 2.03. The van der Waals surface area contributed by atoms with Crippen molar-refractivity contribution in [1.29, 1.82) is 0 Å². The van der Waals surface area contributed by atoms with Crippen LogP contribution in [0.4, 0.5) is 5.69 Å². The number of hydrogen-bond donors (Lipinski definition) is 1. The highest BCUT2D eigenvalue weighted by atomic mass is 35.5. The van der Waals surface area contributed by atoms with Gasteiger partial charge in [0.2, 0.25) is 0 Å². The van der Waals surface area contributed by atoms with Gasteiger partial charge < -0.3 is 5.32 Å². The highest BCUT2D eigenvalue weighted by Gasteiger charge is 2.27. The predicted molar refractivity (Wildman–Crippen MR) is 80.6 cm³/mol. The first-order valence-corrected chi connectivity index (χ1v) is 6.75. The van der Waals surface area contributed by atoms with Crippen LogP contribution >= 0.6 is 11.6 Å². The van der Waals surface area contributed by atoms with E-state index in [4.69, 9.17) is 16.6 Å². The number of benzene rings is 2.